The molecule has 0 aliphatic rings. The summed E-state index contributed by atoms with van der Waals surface area (Å²) in [5.74, 6) is 1.46. The lowest BCUT2D eigenvalue weighted by Gasteiger charge is -2.25. The maximum absolute atomic E-state index is 10.1. The number of hydrogen-bond donors (Lipinski definition) is 3. The number of anilines is 2. The normalized spacial score (nSPS) is 14.8. The van der Waals surface area contributed by atoms with Gasteiger partial charge in [0.05, 0.1) is 18.0 Å². The Bertz CT molecular complexity index is 321. The molecule has 0 aliphatic carbocycles. The second-order valence-corrected chi connectivity index (χ2v) is 4.77. The average Bonchev–Trinajstić information content (AvgIpc) is 2.15. The molecule has 0 saturated carbocycles. The Morgan fingerprint density at radius 3 is 2.62 bits per heavy atom. The molecule has 90 valence electrons. The molecule has 16 heavy (non-hydrogen) atoms. The molecule has 1 unspecified atom stereocenters. The predicted octanol–water partition coefficient (Wildman–Crippen LogP) is 1.27. The van der Waals surface area contributed by atoms with Crippen LogP contribution in [-0.2, 0) is 0 Å². The first-order valence-corrected chi connectivity index (χ1v) is 5.43. The third-order valence-corrected chi connectivity index (χ3v) is 2.17. The van der Waals surface area contributed by atoms with Gasteiger partial charge in [0.25, 0.3) is 0 Å². The summed E-state index contributed by atoms with van der Waals surface area (Å²) in [7, 11) is 0. The molecule has 0 aromatic carbocycles. The van der Waals surface area contributed by atoms with Crippen molar-refractivity contribution in [3.8, 4) is 0 Å². The monoisotopic (exact) mass is 224 g/mol. The summed E-state index contributed by atoms with van der Waals surface area (Å²) in [6.45, 7) is 6.42. The van der Waals surface area contributed by atoms with E-state index in [-0.39, 0.29) is 0 Å². The minimum absolute atomic E-state index is 0.388. The van der Waals surface area contributed by atoms with Crippen molar-refractivity contribution in [2.45, 2.75) is 32.8 Å². The van der Waals surface area contributed by atoms with Gasteiger partial charge in [0, 0.05) is 6.54 Å². The van der Waals surface area contributed by atoms with Crippen molar-refractivity contribution in [1.82, 2.24) is 9.97 Å². The lowest BCUT2D eigenvalue weighted by molar-refractivity contribution is 0.0515. The van der Waals surface area contributed by atoms with Gasteiger partial charge in [-0.3, -0.25) is 0 Å². The summed E-state index contributed by atoms with van der Waals surface area (Å²) in [4.78, 5) is 7.96. The zero-order valence-corrected chi connectivity index (χ0v) is 10.1. The summed E-state index contributed by atoms with van der Waals surface area (Å²) in [6.07, 6.45) is 3.78. The van der Waals surface area contributed by atoms with Gasteiger partial charge in [-0.05, 0) is 19.3 Å². The zero-order chi connectivity index (χ0) is 12.2. The quantitative estimate of drug-likeness (QED) is 0.701. The molecule has 4 N–H and O–H groups in total. The first kappa shape index (κ1) is 12.7. The summed E-state index contributed by atoms with van der Waals surface area (Å²) >= 11 is 0. The standard InChI is InChI=1S/C11H20N4O/c1-8(2)4-11(3,16)7-15-10-6-13-9(12)5-14-10/h5-6,8,16H,4,7H2,1-3H3,(H2,12,13)(H,14,15). The van der Waals surface area contributed by atoms with E-state index >= 15 is 0 Å². The SMILES string of the molecule is CC(C)CC(C)(O)CNc1cnc(N)cn1. The highest BCUT2D eigenvalue weighted by Gasteiger charge is 2.21. The highest BCUT2D eigenvalue weighted by atomic mass is 16.3. The second-order valence-electron chi connectivity index (χ2n) is 4.77. The molecule has 0 radical (unpaired) electrons. The van der Waals surface area contributed by atoms with Crippen LogP contribution in [0.4, 0.5) is 11.6 Å². The number of nitrogens with two attached hydrogens (primary N) is 1. The van der Waals surface area contributed by atoms with Gasteiger partial charge in [-0.1, -0.05) is 13.8 Å². The lowest BCUT2D eigenvalue weighted by atomic mass is 9.94. The van der Waals surface area contributed by atoms with Gasteiger partial charge in [0.15, 0.2) is 0 Å². The van der Waals surface area contributed by atoms with Crippen LogP contribution in [0.3, 0.4) is 0 Å². The largest absolute Gasteiger partial charge is 0.388 e. The Kier molecular flexibility index (Phi) is 4.06. The molecule has 1 aromatic rings. The number of nitrogen functional groups attached to an aromatic ring is 1. The number of rotatable bonds is 5. The first-order chi connectivity index (χ1) is 7.39. The molecule has 0 fully saturated rings. The fourth-order valence-corrected chi connectivity index (χ4v) is 1.66. The molecular weight excluding hydrogens is 204 g/mol. The van der Waals surface area contributed by atoms with Gasteiger partial charge < -0.3 is 16.2 Å². The number of hydrogen-bond acceptors (Lipinski definition) is 5. The van der Waals surface area contributed by atoms with Crippen LogP contribution in [0, 0.1) is 5.92 Å². The van der Waals surface area contributed by atoms with E-state index in [4.69, 9.17) is 5.73 Å². The van der Waals surface area contributed by atoms with Crippen LogP contribution in [0.25, 0.3) is 0 Å². The van der Waals surface area contributed by atoms with Crippen LogP contribution >= 0.6 is 0 Å². The van der Waals surface area contributed by atoms with Crippen molar-refractivity contribution in [2.24, 2.45) is 5.92 Å². The Morgan fingerprint density at radius 2 is 2.12 bits per heavy atom. The molecule has 0 amide bonds. The highest BCUT2D eigenvalue weighted by Crippen LogP contribution is 2.16. The molecule has 5 nitrogen and oxygen atoms in total. The van der Waals surface area contributed by atoms with Crippen molar-refractivity contribution in [3.63, 3.8) is 0 Å². The van der Waals surface area contributed by atoms with Crippen molar-refractivity contribution >= 4 is 11.6 Å². The van der Waals surface area contributed by atoms with Crippen LogP contribution in [0.5, 0.6) is 0 Å². The highest BCUT2D eigenvalue weighted by molar-refractivity contribution is 5.36. The van der Waals surface area contributed by atoms with Crippen LogP contribution in [0.1, 0.15) is 27.2 Å². The third-order valence-electron chi connectivity index (χ3n) is 2.17. The fraction of sp³-hybridized carbons (Fsp3) is 0.636. The van der Waals surface area contributed by atoms with E-state index in [1.54, 1.807) is 6.20 Å². The summed E-state index contributed by atoms with van der Waals surface area (Å²) in [5.41, 5.74) is 4.68. The van der Waals surface area contributed by atoms with Crippen molar-refractivity contribution < 1.29 is 5.11 Å². The minimum Gasteiger partial charge on any atom is -0.388 e. The van der Waals surface area contributed by atoms with Crippen molar-refractivity contribution in [1.29, 1.82) is 0 Å². The summed E-state index contributed by atoms with van der Waals surface area (Å²) in [5, 5.41) is 13.1. The summed E-state index contributed by atoms with van der Waals surface area (Å²) < 4.78 is 0. The van der Waals surface area contributed by atoms with Crippen molar-refractivity contribution in [3.05, 3.63) is 12.4 Å². The Morgan fingerprint density at radius 1 is 1.44 bits per heavy atom. The minimum atomic E-state index is -0.739. The third kappa shape index (κ3) is 4.44. The van der Waals surface area contributed by atoms with Crippen molar-refractivity contribution in [2.75, 3.05) is 17.6 Å². The van der Waals surface area contributed by atoms with E-state index in [1.807, 2.05) is 6.92 Å². The average molecular weight is 224 g/mol. The number of aromatic nitrogens is 2. The maximum Gasteiger partial charge on any atom is 0.144 e. The molecule has 0 aliphatic heterocycles. The molecule has 1 atom stereocenters. The van der Waals surface area contributed by atoms with E-state index in [0.717, 1.165) is 6.42 Å². The smallest absolute Gasteiger partial charge is 0.144 e. The van der Waals surface area contributed by atoms with Gasteiger partial charge in [-0.2, -0.15) is 0 Å². The molecule has 0 spiro atoms. The molecule has 0 bridgehead atoms. The van der Waals surface area contributed by atoms with Crippen LogP contribution in [0.2, 0.25) is 0 Å². The van der Waals surface area contributed by atoms with Crippen LogP contribution in [-0.4, -0.2) is 27.2 Å². The lowest BCUT2D eigenvalue weighted by Crippen LogP contribution is -2.35. The van der Waals surface area contributed by atoms with Gasteiger partial charge in [-0.15, -0.1) is 0 Å². The van der Waals surface area contributed by atoms with E-state index in [2.05, 4.69) is 29.1 Å². The second kappa shape index (κ2) is 5.12. The van der Waals surface area contributed by atoms with Crippen LogP contribution in [0.15, 0.2) is 12.4 Å². The molecule has 5 heteroatoms. The Hall–Kier alpha value is -1.36. The van der Waals surface area contributed by atoms with Crippen LogP contribution < -0.4 is 11.1 Å². The number of nitrogens with one attached hydrogen (secondary N) is 1. The van der Waals surface area contributed by atoms with Gasteiger partial charge >= 0.3 is 0 Å². The number of aliphatic hydroxyl groups is 1. The maximum atomic E-state index is 10.1. The first-order valence-electron chi connectivity index (χ1n) is 5.43. The van der Waals surface area contributed by atoms with E-state index in [1.165, 1.54) is 6.20 Å². The van der Waals surface area contributed by atoms with E-state index < -0.39 is 5.60 Å². The fourth-order valence-electron chi connectivity index (χ4n) is 1.66. The molecule has 1 rings (SSSR count). The molecule has 0 saturated heterocycles. The predicted molar refractivity (Wildman–Crippen MR) is 65.0 cm³/mol. The van der Waals surface area contributed by atoms with Gasteiger partial charge in [0.2, 0.25) is 0 Å². The zero-order valence-electron chi connectivity index (χ0n) is 10.1. The summed E-state index contributed by atoms with van der Waals surface area (Å²) in [6, 6.07) is 0. The Balaban J connectivity index is 2.47. The van der Waals surface area contributed by atoms with E-state index in [0.29, 0.717) is 24.1 Å². The Labute approximate surface area is 96.1 Å². The van der Waals surface area contributed by atoms with Gasteiger partial charge in [-0.25, -0.2) is 9.97 Å². The molecule has 1 aromatic heterocycles. The molecular formula is C11H20N4O. The number of nitrogens with zero attached hydrogens (tertiary/aromatic N) is 2. The van der Waals surface area contributed by atoms with Gasteiger partial charge in [0.1, 0.15) is 11.6 Å². The van der Waals surface area contributed by atoms with E-state index in [9.17, 15) is 5.11 Å². The topological polar surface area (TPSA) is 84.1 Å². The molecule has 1 heterocycles.